The maximum absolute atomic E-state index is 14.7. The molecule has 3 aromatic rings. The van der Waals surface area contributed by atoms with Crippen LogP contribution < -0.4 is 15.5 Å². The molecule has 0 unspecified atom stereocenters. The standard InChI is InChI=1S/C25H17B3Cl2F3N3O2/c26-25(27,28)36(23(38)21-17(30)2-1-3-18(21)31)19-7-5-13(11-20(19)35-9-8-24(32,33)12-35)15-10-14(22(34)37)4-6-16(15)29/h1-7,10-11H,8-9,12H2,(H2,34,37). The second-order valence-electron chi connectivity index (χ2n) is 8.91. The fourth-order valence-electron chi connectivity index (χ4n) is 4.28. The van der Waals surface area contributed by atoms with Crippen molar-refractivity contribution in [3.05, 3.63) is 81.6 Å². The summed E-state index contributed by atoms with van der Waals surface area (Å²) in [5.74, 6) is -5.77. The van der Waals surface area contributed by atoms with E-state index in [4.69, 9.17) is 52.5 Å². The number of nitrogens with zero attached hydrogens (tertiary/aromatic N) is 2. The van der Waals surface area contributed by atoms with E-state index in [2.05, 4.69) is 0 Å². The van der Waals surface area contributed by atoms with Gasteiger partial charge in [0.25, 0.3) is 11.8 Å². The van der Waals surface area contributed by atoms with Crippen molar-refractivity contribution in [2.75, 3.05) is 22.9 Å². The number of rotatable bonds is 6. The Bertz CT molecular complexity index is 1420. The van der Waals surface area contributed by atoms with Crippen LogP contribution in [-0.2, 0) is 0 Å². The lowest BCUT2D eigenvalue weighted by atomic mass is 9.48. The molecule has 0 aliphatic carbocycles. The van der Waals surface area contributed by atoms with E-state index in [1.54, 1.807) is 0 Å². The summed E-state index contributed by atoms with van der Waals surface area (Å²) >= 11 is 12.5. The third kappa shape index (κ3) is 5.54. The molecule has 188 valence electrons. The van der Waals surface area contributed by atoms with Gasteiger partial charge in [-0.1, -0.05) is 40.6 Å². The van der Waals surface area contributed by atoms with Crippen molar-refractivity contribution in [3.63, 3.8) is 0 Å². The Morgan fingerprint density at radius 3 is 2.32 bits per heavy atom. The maximum Gasteiger partial charge on any atom is 0.266 e. The number of primary amides is 1. The lowest BCUT2D eigenvalue weighted by molar-refractivity contribution is 0.0257. The average molecular weight is 552 g/mol. The van der Waals surface area contributed by atoms with Crippen LogP contribution >= 0.6 is 23.2 Å². The lowest BCUT2D eigenvalue weighted by Gasteiger charge is -2.40. The van der Waals surface area contributed by atoms with Crippen molar-refractivity contribution >= 4 is 69.9 Å². The van der Waals surface area contributed by atoms with E-state index in [0.29, 0.717) is 16.0 Å². The van der Waals surface area contributed by atoms with Crippen molar-refractivity contribution in [1.29, 1.82) is 0 Å². The summed E-state index contributed by atoms with van der Waals surface area (Å²) in [4.78, 5) is 27.3. The number of carbonyl (C=O) groups is 2. The van der Waals surface area contributed by atoms with E-state index in [-0.39, 0.29) is 33.5 Å². The Kier molecular flexibility index (Phi) is 7.56. The van der Waals surface area contributed by atoms with Gasteiger partial charge < -0.3 is 15.5 Å². The van der Waals surface area contributed by atoms with Crippen LogP contribution in [0.4, 0.5) is 24.5 Å². The van der Waals surface area contributed by atoms with Crippen LogP contribution in [0.15, 0.2) is 54.6 Å². The van der Waals surface area contributed by atoms with Crippen LogP contribution in [0.3, 0.4) is 0 Å². The number of nitrogens with two attached hydrogens (primary N) is 1. The largest absolute Gasteiger partial charge is 0.366 e. The highest BCUT2D eigenvalue weighted by atomic mass is 35.5. The Morgan fingerprint density at radius 1 is 1.03 bits per heavy atom. The molecule has 0 aromatic heterocycles. The van der Waals surface area contributed by atoms with Gasteiger partial charge >= 0.3 is 0 Å². The molecule has 1 heterocycles. The molecular weight excluding hydrogens is 535 g/mol. The summed E-state index contributed by atoms with van der Waals surface area (Å²) < 4.78 is 43.2. The summed E-state index contributed by atoms with van der Waals surface area (Å²) in [5, 5.41) is -2.38. The molecular formula is C25H17B3Cl2F3N3O2. The molecule has 0 spiro atoms. The SMILES string of the molecule is [B]C([B])([B])N(C(=O)c1c(F)cccc1Cl)c1ccc(-c2cc(C(N)=O)ccc2Cl)cc1N1CCC(F)(F)C1. The van der Waals surface area contributed by atoms with Gasteiger partial charge in [-0.25, -0.2) is 13.2 Å². The number of carbonyl (C=O) groups excluding carboxylic acids is 2. The van der Waals surface area contributed by atoms with E-state index < -0.39 is 47.3 Å². The third-order valence-corrected chi connectivity index (χ3v) is 6.70. The minimum Gasteiger partial charge on any atom is -0.366 e. The Hall–Kier alpha value is -3.04. The monoisotopic (exact) mass is 551 g/mol. The average Bonchev–Trinajstić information content (AvgIpc) is 3.18. The van der Waals surface area contributed by atoms with Crippen molar-refractivity contribution in [3.8, 4) is 11.1 Å². The Balaban J connectivity index is 1.94. The molecule has 13 heteroatoms. The Labute approximate surface area is 231 Å². The minimum absolute atomic E-state index is 0.0783. The number of alkyl halides is 2. The number of halogens is 5. The molecule has 0 saturated carbocycles. The molecule has 5 nitrogen and oxygen atoms in total. The van der Waals surface area contributed by atoms with E-state index in [0.717, 1.165) is 6.07 Å². The van der Waals surface area contributed by atoms with Gasteiger partial charge in [0.15, 0.2) is 0 Å². The zero-order valence-corrected chi connectivity index (χ0v) is 21.2. The molecule has 1 aliphatic heterocycles. The van der Waals surface area contributed by atoms with Crippen molar-refractivity contribution in [1.82, 2.24) is 0 Å². The number of benzene rings is 3. The van der Waals surface area contributed by atoms with Crippen molar-refractivity contribution in [2.45, 2.75) is 17.6 Å². The highest BCUT2D eigenvalue weighted by Gasteiger charge is 2.41. The molecule has 3 aromatic carbocycles. The van der Waals surface area contributed by atoms with Gasteiger partial charge in [-0.15, -0.1) is 0 Å². The molecule has 0 bridgehead atoms. The number of hydrogen-bond acceptors (Lipinski definition) is 3. The normalized spacial score (nSPS) is 14.9. The second-order valence-corrected chi connectivity index (χ2v) is 9.73. The number of anilines is 2. The van der Waals surface area contributed by atoms with Gasteiger partial charge in [0.05, 0.1) is 52.0 Å². The maximum atomic E-state index is 14.7. The second kappa shape index (κ2) is 10.3. The molecule has 0 atom stereocenters. The summed E-state index contributed by atoms with van der Waals surface area (Å²) in [7, 11) is 17.9. The number of hydrogen-bond donors (Lipinski definition) is 1. The zero-order chi connectivity index (χ0) is 28.0. The number of amides is 2. The molecule has 38 heavy (non-hydrogen) atoms. The van der Waals surface area contributed by atoms with Crippen LogP contribution in [0.25, 0.3) is 11.1 Å². The molecule has 1 aliphatic rings. The van der Waals surface area contributed by atoms with Gasteiger partial charge in [-0.05, 0) is 48.0 Å². The van der Waals surface area contributed by atoms with Crippen LogP contribution in [0, 0.1) is 5.82 Å². The first-order valence-corrected chi connectivity index (χ1v) is 12.0. The van der Waals surface area contributed by atoms with E-state index in [1.165, 1.54) is 53.4 Å². The molecule has 6 radical (unpaired) electrons. The first-order chi connectivity index (χ1) is 17.7. The van der Waals surface area contributed by atoms with E-state index >= 15 is 0 Å². The van der Waals surface area contributed by atoms with Crippen molar-refractivity contribution < 1.29 is 22.8 Å². The highest BCUT2D eigenvalue weighted by Crippen LogP contribution is 2.42. The predicted molar refractivity (Wildman–Crippen MR) is 145 cm³/mol. The van der Waals surface area contributed by atoms with E-state index in [9.17, 15) is 22.8 Å². The molecule has 2 amide bonds. The van der Waals surface area contributed by atoms with Gasteiger partial charge in [0.2, 0.25) is 5.91 Å². The van der Waals surface area contributed by atoms with Gasteiger partial charge in [-0.3, -0.25) is 9.59 Å². The van der Waals surface area contributed by atoms with Crippen LogP contribution in [0.2, 0.25) is 10.0 Å². The lowest BCUT2D eigenvalue weighted by Crippen LogP contribution is -2.54. The quantitative estimate of drug-likeness (QED) is 0.459. The predicted octanol–water partition coefficient (Wildman–Crippen LogP) is 4.51. The smallest absolute Gasteiger partial charge is 0.266 e. The summed E-state index contributed by atoms with van der Waals surface area (Å²) in [6.07, 6.45) is -0.458. The molecule has 4 rings (SSSR count). The topological polar surface area (TPSA) is 66.6 Å². The van der Waals surface area contributed by atoms with Gasteiger partial charge in [0.1, 0.15) is 5.82 Å². The van der Waals surface area contributed by atoms with Crippen LogP contribution in [0.1, 0.15) is 27.1 Å². The highest BCUT2D eigenvalue weighted by molar-refractivity contribution is 6.62. The minimum atomic E-state index is -3.02. The first-order valence-electron chi connectivity index (χ1n) is 11.2. The fraction of sp³-hybridized carbons (Fsp3) is 0.200. The third-order valence-electron chi connectivity index (χ3n) is 6.06. The molecule has 1 saturated heterocycles. The van der Waals surface area contributed by atoms with Gasteiger partial charge in [-0.2, -0.15) is 0 Å². The van der Waals surface area contributed by atoms with Gasteiger partial charge in [0, 0.05) is 29.1 Å². The first kappa shape index (κ1) is 28.0. The van der Waals surface area contributed by atoms with Crippen molar-refractivity contribution in [2.24, 2.45) is 5.73 Å². The summed E-state index contributed by atoms with van der Waals surface area (Å²) in [6, 6.07) is 12.3. The molecule has 1 fully saturated rings. The van der Waals surface area contributed by atoms with E-state index in [1.807, 2.05) is 0 Å². The summed E-state index contributed by atoms with van der Waals surface area (Å²) in [6.45, 7) is -0.776. The molecule has 2 N–H and O–H groups in total. The summed E-state index contributed by atoms with van der Waals surface area (Å²) in [5.41, 5.74) is 5.79. The van der Waals surface area contributed by atoms with Crippen LogP contribution in [-0.4, -0.2) is 59.6 Å². The Morgan fingerprint density at radius 2 is 1.74 bits per heavy atom. The zero-order valence-electron chi connectivity index (χ0n) is 19.7. The fourth-order valence-corrected chi connectivity index (χ4v) is 4.75. The van der Waals surface area contributed by atoms with Crippen LogP contribution in [0.5, 0.6) is 0 Å².